The van der Waals surface area contributed by atoms with Crippen molar-refractivity contribution in [1.82, 2.24) is 10.1 Å². The molecule has 0 aliphatic carbocycles. The fourth-order valence-electron chi connectivity index (χ4n) is 2.86. The minimum absolute atomic E-state index is 0.000518. The molecule has 6 nitrogen and oxygen atoms in total. The molecule has 0 N–H and O–H groups in total. The molecule has 0 saturated heterocycles. The zero-order valence-electron chi connectivity index (χ0n) is 15.8. The molecule has 1 amide bonds. The quantitative estimate of drug-likeness (QED) is 0.396. The van der Waals surface area contributed by atoms with Gasteiger partial charge in [-0.05, 0) is 47.2 Å². The van der Waals surface area contributed by atoms with Gasteiger partial charge < -0.3 is 14.2 Å². The van der Waals surface area contributed by atoms with Crippen molar-refractivity contribution >= 4 is 34.3 Å². The number of aromatic nitrogens is 2. The van der Waals surface area contributed by atoms with Gasteiger partial charge in [-0.3, -0.25) is 4.79 Å². The Morgan fingerprint density at radius 1 is 1.10 bits per heavy atom. The Morgan fingerprint density at radius 3 is 2.59 bits per heavy atom. The summed E-state index contributed by atoms with van der Waals surface area (Å²) in [5.74, 6) is 1.78. The van der Waals surface area contributed by atoms with E-state index < -0.39 is 0 Å². The van der Waals surface area contributed by atoms with Crippen LogP contribution in [0.25, 0.3) is 10.7 Å². The Bertz CT molecular complexity index is 1040. The first kappa shape index (κ1) is 19.4. The number of benzene rings is 1. The smallest absolute Gasteiger partial charge is 0.227 e. The molecule has 148 valence electrons. The lowest BCUT2D eigenvalue weighted by Gasteiger charge is -2.22. The van der Waals surface area contributed by atoms with Crippen molar-refractivity contribution in [3.63, 3.8) is 0 Å². The summed E-state index contributed by atoms with van der Waals surface area (Å²) in [4.78, 5) is 21.3. The van der Waals surface area contributed by atoms with Gasteiger partial charge in [0.25, 0.3) is 0 Å². The van der Waals surface area contributed by atoms with Crippen LogP contribution in [0.4, 0.5) is 5.69 Å². The molecular formula is C21H19N3O3S2. The molecule has 0 bridgehead atoms. The first-order valence-electron chi connectivity index (χ1n) is 9.06. The van der Waals surface area contributed by atoms with Gasteiger partial charge in [-0.25, -0.2) is 0 Å². The third kappa shape index (κ3) is 4.72. The number of carbonyl (C=O) groups excluding carboxylic acids is 1. The number of hydrogen-bond acceptors (Lipinski definition) is 7. The van der Waals surface area contributed by atoms with Crippen LogP contribution in [0.15, 0.2) is 63.8 Å². The number of ether oxygens (including phenoxy) is 1. The van der Waals surface area contributed by atoms with E-state index in [1.54, 1.807) is 34.7 Å². The largest absolute Gasteiger partial charge is 0.497 e. The average molecular weight is 426 g/mol. The van der Waals surface area contributed by atoms with E-state index in [1.807, 2.05) is 59.3 Å². The molecule has 0 aliphatic heterocycles. The predicted molar refractivity (Wildman–Crippen MR) is 114 cm³/mol. The normalized spacial score (nSPS) is 10.8. The summed E-state index contributed by atoms with van der Waals surface area (Å²) >= 11 is 3.18. The number of rotatable bonds is 8. The molecule has 0 saturated carbocycles. The van der Waals surface area contributed by atoms with E-state index in [4.69, 9.17) is 9.26 Å². The number of aryl methyl sites for hydroxylation is 1. The maximum atomic E-state index is 13.0. The van der Waals surface area contributed by atoms with Crippen LogP contribution >= 0.6 is 22.7 Å². The van der Waals surface area contributed by atoms with E-state index in [0.29, 0.717) is 24.7 Å². The number of hydrogen-bond donors (Lipinski definition) is 0. The molecular weight excluding hydrogens is 406 g/mol. The van der Waals surface area contributed by atoms with Gasteiger partial charge in [0.1, 0.15) is 5.75 Å². The van der Waals surface area contributed by atoms with Crippen molar-refractivity contribution < 1.29 is 14.1 Å². The van der Waals surface area contributed by atoms with Gasteiger partial charge in [-0.2, -0.15) is 4.98 Å². The van der Waals surface area contributed by atoms with E-state index >= 15 is 0 Å². The van der Waals surface area contributed by atoms with Crippen molar-refractivity contribution in [3.05, 3.63) is 70.1 Å². The van der Waals surface area contributed by atoms with Crippen LogP contribution in [-0.4, -0.2) is 23.2 Å². The standard InChI is InChI=1S/C21H19N3O3S2/c1-26-16-8-6-15(7-9-16)24(14-17-4-2-12-28-17)20(25)11-10-19-22-21(23-27-19)18-5-3-13-29-18/h2-9,12-13H,10-11,14H2,1H3. The zero-order valence-corrected chi connectivity index (χ0v) is 17.4. The van der Waals surface area contributed by atoms with Crippen LogP contribution in [0.5, 0.6) is 5.75 Å². The third-order valence-corrected chi connectivity index (χ3v) is 6.07. The number of amides is 1. The monoisotopic (exact) mass is 425 g/mol. The highest BCUT2D eigenvalue weighted by Crippen LogP contribution is 2.25. The topological polar surface area (TPSA) is 68.5 Å². The fraction of sp³-hybridized carbons (Fsp3) is 0.190. The molecule has 4 rings (SSSR count). The lowest BCUT2D eigenvalue weighted by atomic mass is 10.2. The number of nitrogens with zero attached hydrogens (tertiary/aromatic N) is 3. The molecule has 4 aromatic rings. The fourth-order valence-corrected chi connectivity index (χ4v) is 4.20. The minimum atomic E-state index is -0.000518. The van der Waals surface area contributed by atoms with Gasteiger partial charge in [0.2, 0.25) is 17.6 Å². The summed E-state index contributed by atoms with van der Waals surface area (Å²) in [7, 11) is 1.62. The van der Waals surface area contributed by atoms with Gasteiger partial charge in [0.05, 0.1) is 18.5 Å². The summed E-state index contributed by atoms with van der Waals surface area (Å²) in [6.07, 6.45) is 0.678. The van der Waals surface area contributed by atoms with Crippen molar-refractivity contribution in [1.29, 1.82) is 0 Å². The summed E-state index contributed by atoms with van der Waals surface area (Å²) in [6.45, 7) is 0.521. The lowest BCUT2D eigenvalue weighted by Crippen LogP contribution is -2.30. The highest BCUT2D eigenvalue weighted by molar-refractivity contribution is 7.13. The van der Waals surface area contributed by atoms with Gasteiger partial charge in [-0.15, -0.1) is 22.7 Å². The van der Waals surface area contributed by atoms with Gasteiger partial charge in [0.15, 0.2) is 0 Å². The summed E-state index contributed by atoms with van der Waals surface area (Å²) in [5.41, 5.74) is 0.828. The van der Waals surface area contributed by atoms with Crippen LogP contribution in [0.1, 0.15) is 17.2 Å². The van der Waals surface area contributed by atoms with Crippen LogP contribution in [-0.2, 0) is 17.8 Å². The Labute approximate surface area is 176 Å². The Balaban J connectivity index is 1.47. The average Bonchev–Trinajstić information content (AvgIpc) is 3.52. The summed E-state index contributed by atoms with van der Waals surface area (Å²) in [6, 6.07) is 15.4. The highest BCUT2D eigenvalue weighted by Gasteiger charge is 2.19. The number of carbonyl (C=O) groups is 1. The van der Waals surface area contributed by atoms with E-state index in [9.17, 15) is 4.79 Å². The second kappa shape index (κ2) is 9.02. The third-order valence-electron chi connectivity index (χ3n) is 4.34. The number of thiophene rings is 2. The molecule has 0 radical (unpaired) electrons. The molecule has 0 fully saturated rings. The predicted octanol–water partition coefficient (Wildman–Crippen LogP) is 5.03. The van der Waals surface area contributed by atoms with Crippen LogP contribution in [0, 0.1) is 0 Å². The highest BCUT2D eigenvalue weighted by atomic mass is 32.1. The maximum Gasteiger partial charge on any atom is 0.227 e. The Kier molecular flexibility index (Phi) is 6.02. The van der Waals surface area contributed by atoms with Crippen molar-refractivity contribution in [2.24, 2.45) is 0 Å². The molecule has 0 atom stereocenters. The zero-order chi connectivity index (χ0) is 20.1. The molecule has 29 heavy (non-hydrogen) atoms. The van der Waals surface area contributed by atoms with Crippen molar-refractivity contribution in [3.8, 4) is 16.5 Å². The maximum absolute atomic E-state index is 13.0. The van der Waals surface area contributed by atoms with Gasteiger partial charge in [-0.1, -0.05) is 17.3 Å². The minimum Gasteiger partial charge on any atom is -0.497 e. The van der Waals surface area contributed by atoms with Crippen LogP contribution in [0.2, 0.25) is 0 Å². The molecule has 3 aromatic heterocycles. The molecule has 0 spiro atoms. The first-order chi connectivity index (χ1) is 14.2. The number of anilines is 1. The number of methoxy groups -OCH3 is 1. The first-order valence-corrected chi connectivity index (χ1v) is 10.8. The SMILES string of the molecule is COc1ccc(N(Cc2cccs2)C(=O)CCc2nc(-c3cccs3)no2)cc1. The van der Waals surface area contributed by atoms with Crippen LogP contribution in [0.3, 0.4) is 0 Å². The Morgan fingerprint density at radius 2 is 1.90 bits per heavy atom. The lowest BCUT2D eigenvalue weighted by molar-refractivity contribution is -0.118. The molecule has 0 unspecified atom stereocenters. The van der Waals surface area contributed by atoms with E-state index in [0.717, 1.165) is 21.2 Å². The van der Waals surface area contributed by atoms with Gasteiger partial charge >= 0.3 is 0 Å². The second-order valence-corrected chi connectivity index (χ2v) is 8.23. The molecule has 8 heteroatoms. The van der Waals surface area contributed by atoms with E-state index in [1.165, 1.54) is 0 Å². The summed E-state index contributed by atoms with van der Waals surface area (Å²) in [5, 5.41) is 7.98. The molecule has 3 heterocycles. The van der Waals surface area contributed by atoms with Crippen molar-refractivity contribution in [2.45, 2.75) is 19.4 Å². The summed E-state index contributed by atoms with van der Waals surface area (Å²) < 4.78 is 10.5. The van der Waals surface area contributed by atoms with Crippen molar-refractivity contribution in [2.75, 3.05) is 12.0 Å². The van der Waals surface area contributed by atoms with Crippen LogP contribution < -0.4 is 9.64 Å². The van der Waals surface area contributed by atoms with E-state index in [-0.39, 0.29) is 12.3 Å². The molecule has 0 aliphatic rings. The Hall–Kier alpha value is -2.97. The van der Waals surface area contributed by atoms with Gasteiger partial charge in [0, 0.05) is 23.4 Å². The molecule has 1 aromatic carbocycles. The van der Waals surface area contributed by atoms with E-state index in [2.05, 4.69) is 10.1 Å². The second-order valence-electron chi connectivity index (χ2n) is 6.25.